The molecule has 2 aliphatic carbocycles. The molecule has 178 valence electrons. The van der Waals surface area contributed by atoms with Crippen LogP contribution in [0.1, 0.15) is 98.8 Å². The van der Waals surface area contributed by atoms with Gasteiger partial charge in [-0.2, -0.15) is 0 Å². The van der Waals surface area contributed by atoms with Gasteiger partial charge in [0.2, 0.25) is 5.91 Å². The Morgan fingerprint density at radius 3 is 2.48 bits per heavy atom. The van der Waals surface area contributed by atoms with E-state index in [2.05, 4.69) is 46.8 Å². The molecule has 31 heavy (non-hydrogen) atoms. The number of amides is 1. The smallest absolute Gasteiger partial charge is 0.223 e. The van der Waals surface area contributed by atoms with E-state index in [0.717, 1.165) is 51.4 Å². The SMILES string of the molecule is CCCCC[C@H](O)C=C[C@@H]1[C@H]2CC(=CCCCC(=O)N(C(C)C)C(C)C)C[C@H]2C[C@H]1O. The molecule has 0 aromatic heterocycles. The molecule has 0 aromatic rings. The van der Waals surface area contributed by atoms with Crippen molar-refractivity contribution in [2.45, 2.75) is 123 Å². The highest BCUT2D eigenvalue weighted by molar-refractivity contribution is 5.76. The van der Waals surface area contributed by atoms with Crippen LogP contribution in [0, 0.1) is 17.8 Å². The van der Waals surface area contributed by atoms with Crippen molar-refractivity contribution in [2.75, 3.05) is 0 Å². The largest absolute Gasteiger partial charge is 0.392 e. The van der Waals surface area contributed by atoms with Crippen LogP contribution >= 0.6 is 0 Å². The molecule has 4 nitrogen and oxygen atoms in total. The molecule has 0 unspecified atom stereocenters. The molecule has 2 fully saturated rings. The van der Waals surface area contributed by atoms with E-state index >= 15 is 0 Å². The molecule has 0 spiro atoms. The maximum atomic E-state index is 12.5. The highest BCUT2D eigenvalue weighted by atomic mass is 16.3. The first-order chi connectivity index (χ1) is 14.7. The molecule has 2 rings (SSSR count). The van der Waals surface area contributed by atoms with E-state index in [4.69, 9.17) is 0 Å². The Morgan fingerprint density at radius 1 is 1.13 bits per heavy atom. The highest BCUT2D eigenvalue weighted by Crippen LogP contribution is 2.50. The highest BCUT2D eigenvalue weighted by Gasteiger charge is 2.44. The van der Waals surface area contributed by atoms with Crippen LogP contribution in [0.4, 0.5) is 0 Å². The Bertz CT molecular complexity index is 602. The predicted octanol–water partition coefficient (Wildman–Crippen LogP) is 5.63. The van der Waals surface area contributed by atoms with Gasteiger partial charge in [0.15, 0.2) is 0 Å². The van der Waals surface area contributed by atoms with Gasteiger partial charge in [-0.05, 0) is 78.1 Å². The third-order valence-electron chi connectivity index (χ3n) is 7.20. The summed E-state index contributed by atoms with van der Waals surface area (Å²) in [6.45, 7) is 10.5. The average molecular weight is 434 g/mol. The summed E-state index contributed by atoms with van der Waals surface area (Å²) >= 11 is 0. The topological polar surface area (TPSA) is 60.8 Å². The van der Waals surface area contributed by atoms with E-state index in [1.54, 1.807) is 0 Å². The van der Waals surface area contributed by atoms with Crippen molar-refractivity contribution in [1.29, 1.82) is 0 Å². The molecule has 2 saturated carbocycles. The van der Waals surface area contributed by atoms with Crippen molar-refractivity contribution in [3.63, 3.8) is 0 Å². The molecular weight excluding hydrogens is 386 g/mol. The molecule has 0 saturated heterocycles. The van der Waals surface area contributed by atoms with Gasteiger partial charge in [-0.25, -0.2) is 0 Å². The Balaban J connectivity index is 1.80. The van der Waals surface area contributed by atoms with E-state index in [0.29, 0.717) is 18.3 Å². The lowest BCUT2D eigenvalue weighted by atomic mass is 9.90. The first kappa shape index (κ1) is 26.1. The second-order valence-corrected chi connectivity index (χ2v) is 10.4. The van der Waals surface area contributed by atoms with Gasteiger partial charge in [0.05, 0.1) is 12.2 Å². The number of carbonyl (C=O) groups excluding carboxylic acids is 1. The summed E-state index contributed by atoms with van der Waals surface area (Å²) in [5.41, 5.74) is 1.50. The third kappa shape index (κ3) is 7.75. The zero-order chi connectivity index (χ0) is 23.0. The standard InChI is InChI=1S/C27H47NO3/c1-6-7-8-12-23(29)14-15-24-25-17-21(16-22(25)18-26(24)30)11-9-10-13-27(31)28(19(2)3)20(4)5/h11,14-15,19-20,22-26,29-30H,6-10,12-13,16-18H2,1-5H3/t22-,23-,24+,25-,26+/m0/s1. The first-order valence-electron chi connectivity index (χ1n) is 12.8. The quantitative estimate of drug-likeness (QED) is 0.310. The number of carbonyl (C=O) groups is 1. The van der Waals surface area contributed by atoms with Crippen LogP contribution in [-0.4, -0.2) is 45.3 Å². The fraction of sp³-hybridized carbons (Fsp3) is 0.815. The summed E-state index contributed by atoms with van der Waals surface area (Å²) in [6, 6.07) is 0.503. The van der Waals surface area contributed by atoms with Crippen molar-refractivity contribution < 1.29 is 15.0 Å². The third-order valence-corrected chi connectivity index (χ3v) is 7.20. The Morgan fingerprint density at radius 2 is 1.84 bits per heavy atom. The molecular formula is C27H47NO3. The summed E-state index contributed by atoms with van der Waals surface area (Å²) in [6.07, 6.45) is 15.4. The molecule has 0 aromatic carbocycles. The maximum Gasteiger partial charge on any atom is 0.223 e. The summed E-state index contributed by atoms with van der Waals surface area (Å²) in [7, 11) is 0. The number of unbranched alkanes of at least 4 members (excludes halogenated alkanes) is 3. The van der Waals surface area contributed by atoms with Crippen LogP contribution in [0.5, 0.6) is 0 Å². The molecule has 0 heterocycles. The Labute approximate surface area is 190 Å². The molecule has 1 amide bonds. The number of allylic oxidation sites excluding steroid dienone is 2. The van der Waals surface area contributed by atoms with Crippen molar-refractivity contribution in [2.24, 2.45) is 17.8 Å². The Hall–Kier alpha value is -1.13. The van der Waals surface area contributed by atoms with Gasteiger partial charge >= 0.3 is 0 Å². The van der Waals surface area contributed by atoms with Gasteiger partial charge in [0.25, 0.3) is 0 Å². The number of aliphatic hydroxyl groups excluding tert-OH is 2. The molecule has 0 radical (unpaired) electrons. The van der Waals surface area contributed by atoms with E-state index in [9.17, 15) is 15.0 Å². The monoisotopic (exact) mass is 433 g/mol. The van der Waals surface area contributed by atoms with Crippen molar-refractivity contribution >= 4 is 5.91 Å². The normalized spacial score (nSPS) is 28.2. The van der Waals surface area contributed by atoms with Gasteiger partial charge in [-0.1, -0.05) is 50.0 Å². The molecule has 0 aliphatic heterocycles. The lowest BCUT2D eigenvalue weighted by molar-refractivity contribution is -0.134. The van der Waals surface area contributed by atoms with Gasteiger partial charge < -0.3 is 15.1 Å². The number of rotatable bonds is 12. The van der Waals surface area contributed by atoms with Crippen LogP contribution in [0.2, 0.25) is 0 Å². The van der Waals surface area contributed by atoms with Gasteiger partial charge in [-0.3, -0.25) is 4.79 Å². The van der Waals surface area contributed by atoms with E-state index in [1.165, 1.54) is 12.0 Å². The van der Waals surface area contributed by atoms with E-state index in [1.807, 2.05) is 11.0 Å². The first-order valence-corrected chi connectivity index (χ1v) is 12.8. The van der Waals surface area contributed by atoms with Crippen molar-refractivity contribution in [3.05, 3.63) is 23.8 Å². The average Bonchev–Trinajstić information content (AvgIpc) is 3.19. The maximum absolute atomic E-state index is 12.5. The lowest BCUT2D eigenvalue weighted by Gasteiger charge is -2.30. The summed E-state index contributed by atoms with van der Waals surface area (Å²) in [5.74, 6) is 1.49. The fourth-order valence-corrected chi connectivity index (χ4v) is 5.76. The second-order valence-electron chi connectivity index (χ2n) is 10.4. The summed E-state index contributed by atoms with van der Waals surface area (Å²) in [4.78, 5) is 14.5. The van der Waals surface area contributed by atoms with Crippen LogP contribution < -0.4 is 0 Å². The minimum absolute atomic E-state index is 0.170. The summed E-state index contributed by atoms with van der Waals surface area (Å²) < 4.78 is 0. The molecule has 0 bridgehead atoms. The van der Waals surface area contributed by atoms with Crippen LogP contribution in [0.25, 0.3) is 0 Å². The van der Waals surface area contributed by atoms with Gasteiger partial charge in [0.1, 0.15) is 0 Å². The molecule has 2 aliphatic rings. The number of hydrogen-bond donors (Lipinski definition) is 2. The van der Waals surface area contributed by atoms with Crippen molar-refractivity contribution in [3.8, 4) is 0 Å². The number of nitrogens with zero attached hydrogens (tertiary/aromatic N) is 1. The van der Waals surface area contributed by atoms with Gasteiger partial charge in [0, 0.05) is 24.4 Å². The minimum atomic E-state index is -0.386. The predicted molar refractivity (Wildman–Crippen MR) is 129 cm³/mol. The van der Waals surface area contributed by atoms with E-state index in [-0.39, 0.29) is 36.1 Å². The van der Waals surface area contributed by atoms with Gasteiger partial charge in [-0.15, -0.1) is 0 Å². The lowest BCUT2D eigenvalue weighted by Crippen LogP contribution is -2.41. The second kappa shape index (κ2) is 12.8. The van der Waals surface area contributed by atoms with Crippen LogP contribution in [0.15, 0.2) is 23.8 Å². The molecule has 2 N–H and O–H groups in total. The van der Waals surface area contributed by atoms with Crippen LogP contribution in [-0.2, 0) is 4.79 Å². The zero-order valence-corrected chi connectivity index (χ0v) is 20.6. The zero-order valence-electron chi connectivity index (χ0n) is 20.6. The minimum Gasteiger partial charge on any atom is -0.392 e. The summed E-state index contributed by atoms with van der Waals surface area (Å²) in [5, 5.41) is 20.7. The number of fused-ring (bicyclic) bond motifs is 1. The van der Waals surface area contributed by atoms with Crippen molar-refractivity contribution in [1.82, 2.24) is 4.90 Å². The number of hydrogen-bond acceptors (Lipinski definition) is 3. The molecule has 4 heteroatoms. The van der Waals surface area contributed by atoms with E-state index < -0.39 is 0 Å². The molecule has 5 atom stereocenters. The number of aliphatic hydroxyl groups is 2. The Kier molecular flexibility index (Phi) is 10.8. The fourth-order valence-electron chi connectivity index (χ4n) is 5.76. The van der Waals surface area contributed by atoms with Crippen LogP contribution in [0.3, 0.4) is 0 Å².